The first-order chi connectivity index (χ1) is 11.2. The van der Waals surface area contributed by atoms with Crippen LogP contribution in [-0.4, -0.2) is 17.1 Å². The maximum absolute atomic E-state index is 12.4. The number of carbonyl (C=O) groups excluding carboxylic acids is 1. The number of hydrogen-bond acceptors (Lipinski definition) is 2. The lowest BCUT2D eigenvalue weighted by atomic mass is 10.1. The second kappa shape index (κ2) is 8.56. The van der Waals surface area contributed by atoms with E-state index in [9.17, 15) is 4.79 Å². The molecule has 0 unspecified atom stereocenters. The van der Waals surface area contributed by atoms with Gasteiger partial charge in [-0.25, -0.2) is 4.79 Å². The Labute approximate surface area is 139 Å². The van der Waals surface area contributed by atoms with Crippen LogP contribution < -0.4 is 0 Å². The molecule has 2 rings (SSSR count). The minimum atomic E-state index is -0.205. The Morgan fingerprint density at radius 2 is 1.83 bits per heavy atom. The SMILES string of the molecule is CCCCn1c(-c2ccccc2)cc(C(=O)OCC)c1CCC. The number of benzene rings is 1. The third kappa shape index (κ3) is 4.04. The molecule has 124 valence electrons. The van der Waals surface area contributed by atoms with Crippen molar-refractivity contribution in [2.45, 2.75) is 53.0 Å². The number of hydrogen-bond donors (Lipinski definition) is 0. The van der Waals surface area contributed by atoms with Crippen molar-refractivity contribution in [3.05, 3.63) is 47.7 Å². The highest BCUT2D eigenvalue weighted by atomic mass is 16.5. The molecule has 0 aliphatic rings. The molecule has 23 heavy (non-hydrogen) atoms. The minimum absolute atomic E-state index is 0.205. The van der Waals surface area contributed by atoms with Crippen LogP contribution in [0.15, 0.2) is 36.4 Å². The summed E-state index contributed by atoms with van der Waals surface area (Å²) in [5.41, 5.74) is 4.10. The van der Waals surface area contributed by atoms with Crippen LogP contribution >= 0.6 is 0 Å². The van der Waals surface area contributed by atoms with Crippen LogP contribution in [0.2, 0.25) is 0 Å². The molecule has 3 heteroatoms. The van der Waals surface area contributed by atoms with Crippen molar-refractivity contribution in [3.63, 3.8) is 0 Å². The van der Waals surface area contributed by atoms with Gasteiger partial charge >= 0.3 is 5.97 Å². The smallest absolute Gasteiger partial charge is 0.339 e. The summed E-state index contributed by atoms with van der Waals surface area (Å²) in [6.07, 6.45) is 4.14. The molecule has 1 aromatic carbocycles. The van der Waals surface area contributed by atoms with E-state index in [1.165, 1.54) is 0 Å². The van der Waals surface area contributed by atoms with Gasteiger partial charge in [-0.15, -0.1) is 0 Å². The Morgan fingerprint density at radius 1 is 1.09 bits per heavy atom. The molecule has 0 fully saturated rings. The van der Waals surface area contributed by atoms with Gasteiger partial charge in [-0.2, -0.15) is 0 Å². The lowest BCUT2D eigenvalue weighted by Crippen LogP contribution is -2.10. The van der Waals surface area contributed by atoms with Crippen LogP contribution in [0.3, 0.4) is 0 Å². The molecule has 0 amide bonds. The van der Waals surface area contributed by atoms with Crippen molar-refractivity contribution in [1.82, 2.24) is 4.57 Å². The topological polar surface area (TPSA) is 31.2 Å². The van der Waals surface area contributed by atoms with Crippen molar-refractivity contribution in [1.29, 1.82) is 0 Å². The van der Waals surface area contributed by atoms with E-state index in [0.717, 1.165) is 54.7 Å². The van der Waals surface area contributed by atoms with Gasteiger partial charge in [0.25, 0.3) is 0 Å². The number of rotatable bonds is 8. The van der Waals surface area contributed by atoms with Crippen LogP contribution in [0.5, 0.6) is 0 Å². The fourth-order valence-electron chi connectivity index (χ4n) is 2.90. The maximum atomic E-state index is 12.4. The molecule has 0 saturated carbocycles. The number of carbonyl (C=O) groups is 1. The summed E-state index contributed by atoms with van der Waals surface area (Å²) in [5, 5.41) is 0. The summed E-state index contributed by atoms with van der Waals surface area (Å²) in [6.45, 7) is 7.54. The third-order valence-electron chi connectivity index (χ3n) is 4.00. The Hall–Kier alpha value is -2.03. The molecule has 0 N–H and O–H groups in total. The van der Waals surface area contributed by atoms with Crippen molar-refractivity contribution in [3.8, 4) is 11.3 Å². The standard InChI is InChI=1S/C20H27NO2/c1-4-7-14-21-18(11-5-2)17(20(22)23-6-3)15-19(21)16-12-9-8-10-13-16/h8-10,12-13,15H,4-7,11,14H2,1-3H3. The predicted octanol–water partition coefficient (Wildman–Crippen LogP) is 5.08. The Kier molecular flexibility index (Phi) is 6.45. The van der Waals surface area contributed by atoms with E-state index in [2.05, 4.69) is 30.5 Å². The van der Waals surface area contributed by atoms with Crippen molar-refractivity contribution in [2.75, 3.05) is 6.61 Å². The molecule has 1 aromatic heterocycles. The quantitative estimate of drug-likeness (QED) is 0.636. The predicted molar refractivity (Wildman–Crippen MR) is 94.7 cm³/mol. The molecule has 0 atom stereocenters. The molecule has 1 heterocycles. The van der Waals surface area contributed by atoms with E-state index < -0.39 is 0 Å². The van der Waals surface area contributed by atoms with Gasteiger partial charge < -0.3 is 9.30 Å². The Morgan fingerprint density at radius 3 is 2.43 bits per heavy atom. The fraction of sp³-hybridized carbons (Fsp3) is 0.450. The van der Waals surface area contributed by atoms with E-state index >= 15 is 0 Å². The highest BCUT2D eigenvalue weighted by Gasteiger charge is 2.21. The summed E-state index contributed by atoms with van der Waals surface area (Å²) in [7, 11) is 0. The van der Waals surface area contributed by atoms with Gasteiger partial charge in [0, 0.05) is 17.9 Å². The number of nitrogens with zero attached hydrogens (tertiary/aromatic N) is 1. The monoisotopic (exact) mass is 313 g/mol. The summed E-state index contributed by atoms with van der Waals surface area (Å²) >= 11 is 0. The number of aromatic nitrogens is 1. The zero-order valence-corrected chi connectivity index (χ0v) is 14.5. The normalized spacial score (nSPS) is 10.7. The van der Waals surface area contributed by atoms with Gasteiger partial charge in [0.05, 0.1) is 12.2 Å². The van der Waals surface area contributed by atoms with Gasteiger partial charge in [-0.05, 0) is 31.4 Å². The first-order valence-electron chi connectivity index (χ1n) is 8.67. The minimum Gasteiger partial charge on any atom is -0.462 e. The second-order valence-electron chi connectivity index (χ2n) is 5.73. The van der Waals surface area contributed by atoms with Crippen molar-refractivity contribution >= 4 is 5.97 Å². The molecule has 0 saturated heterocycles. The molecule has 0 bridgehead atoms. The van der Waals surface area contributed by atoms with Crippen LogP contribution in [0.1, 0.15) is 56.1 Å². The number of ether oxygens (including phenoxy) is 1. The van der Waals surface area contributed by atoms with Gasteiger partial charge in [0.1, 0.15) is 0 Å². The van der Waals surface area contributed by atoms with Crippen LogP contribution in [0, 0.1) is 0 Å². The van der Waals surface area contributed by atoms with E-state index in [4.69, 9.17) is 4.74 Å². The lowest BCUT2D eigenvalue weighted by molar-refractivity contribution is 0.0525. The first-order valence-corrected chi connectivity index (χ1v) is 8.67. The number of unbranched alkanes of at least 4 members (excludes halogenated alkanes) is 1. The van der Waals surface area contributed by atoms with E-state index in [1.54, 1.807) is 0 Å². The fourth-order valence-corrected chi connectivity index (χ4v) is 2.90. The second-order valence-corrected chi connectivity index (χ2v) is 5.73. The van der Waals surface area contributed by atoms with Crippen LogP contribution in [0.25, 0.3) is 11.3 Å². The highest BCUT2D eigenvalue weighted by molar-refractivity contribution is 5.93. The van der Waals surface area contributed by atoms with E-state index in [0.29, 0.717) is 6.61 Å². The summed E-state index contributed by atoms with van der Waals surface area (Å²) in [5.74, 6) is -0.205. The average Bonchev–Trinajstić information content (AvgIpc) is 2.93. The van der Waals surface area contributed by atoms with Crippen molar-refractivity contribution < 1.29 is 9.53 Å². The zero-order chi connectivity index (χ0) is 16.7. The van der Waals surface area contributed by atoms with Gasteiger partial charge in [-0.1, -0.05) is 57.0 Å². The summed E-state index contributed by atoms with van der Waals surface area (Å²) in [6, 6.07) is 12.3. The Balaban J connectivity index is 2.54. The van der Waals surface area contributed by atoms with Crippen LogP contribution in [0.4, 0.5) is 0 Å². The van der Waals surface area contributed by atoms with Crippen LogP contribution in [-0.2, 0) is 17.7 Å². The largest absolute Gasteiger partial charge is 0.462 e. The summed E-state index contributed by atoms with van der Waals surface area (Å²) < 4.78 is 7.59. The molecule has 0 radical (unpaired) electrons. The number of esters is 1. The van der Waals surface area contributed by atoms with Gasteiger partial charge in [0.2, 0.25) is 0 Å². The molecule has 0 aliphatic carbocycles. The molecule has 3 nitrogen and oxygen atoms in total. The van der Waals surface area contributed by atoms with Crippen molar-refractivity contribution in [2.24, 2.45) is 0 Å². The van der Waals surface area contributed by atoms with Gasteiger partial charge in [0.15, 0.2) is 0 Å². The average molecular weight is 313 g/mol. The Bertz CT molecular complexity index is 629. The lowest BCUT2D eigenvalue weighted by Gasteiger charge is -2.14. The third-order valence-corrected chi connectivity index (χ3v) is 4.00. The maximum Gasteiger partial charge on any atom is 0.339 e. The van der Waals surface area contributed by atoms with E-state index in [1.807, 2.05) is 31.2 Å². The molecular weight excluding hydrogens is 286 g/mol. The van der Waals surface area contributed by atoms with E-state index in [-0.39, 0.29) is 5.97 Å². The molecular formula is C20H27NO2. The van der Waals surface area contributed by atoms with Gasteiger partial charge in [-0.3, -0.25) is 0 Å². The molecule has 2 aromatic rings. The molecule has 0 spiro atoms. The summed E-state index contributed by atoms with van der Waals surface area (Å²) in [4.78, 5) is 12.4. The first kappa shape index (κ1) is 17.3. The molecule has 0 aliphatic heterocycles. The zero-order valence-electron chi connectivity index (χ0n) is 14.5. The highest BCUT2D eigenvalue weighted by Crippen LogP contribution is 2.28.